The van der Waals surface area contributed by atoms with Gasteiger partial charge in [-0.3, -0.25) is 0 Å². The topological polar surface area (TPSA) is 29.5 Å². The van der Waals surface area contributed by atoms with Crippen molar-refractivity contribution in [3.63, 3.8) is 0 Å². The third-order valence-electron chi connectivity index (χ3n) is 2.99. The van der Waals surface area contributed by atoms with Crippen LogP contribution in [0.1, 0.15) is 38.7 Å². The van der Waals surface area contributed by atoms with Gasteiger partial charge in [0.25, 0.3) is 0 Å². The number of ether oxygens (including phenoxy) is 1. The first-order valence-corrected chi connectivity index (χ1v) is 5.06. The van der Waals surface area contributed by atoms with Crippen molar-refractivity contribution in [3.05, 3.63) is 23.8 Å². The highest BCUT2D eigenvalue weighted by Crippen LogP contribution is 2.47. The molecule has 0 aromatic heterocycles. The highest BCUT2D eigenvalue weighted by molar-refractivity contribution is 5.46. The largest absolute Gasteiger partial charge is 0.508 e. The Morgan fingerprint density at radius 1 is 1.43 bits per heavy atom. The summed E-state index contributed by atoms with van der Waals surface area (Å²) in [6.45, 7) is 6.36. The van der Waals surface area contributed by atoms with Crippen molar-refractivity contribution >= 4 is 0 Å². The summed E-state index contributed by atoms with van der Waals surface area (Å²) in [7, 11) is 0. The van der Waals surface area contributed by atoms with Crippen molar-refractivity contribution in [2.24, 2.45) is 0 Å². The predicted molar refractivity (Wildman–Crippen MR) is 55.8 cm³/mol. The van der Waals surface area contributed by atoms with Crippen LogP contribution >= 0.6 is 0 Å². The molecule has 0 saturated carbocycles. The number of rotatable bonds is 1. The monoisotopic (exact) mass is 192 g/mol. The molecular formula is C12H16O2. The summed E-state index contributed by atoms with van der Waals surface area (Å²) < 4.78 is 5.82. The van der Waals surface area contributed by atoms with E-state index in [1.54, 1.807) is 12.1 Å². The van der Waals surface area contributed by atoms with Crippen LogP contribution < -0.4 is 4.74 Å². The molecule has 0 bridgehead atoms. The van der Waals surface area contributed by atoms with Crippen molar-refractivity contribution in [1.29, 1.82) is 0 Å². The Hall–Kier alpha value is -1.18. The smallest absolute Gasteiger partial charge is 0.127 e. The van der Waals surface area contributed by atoms with E-state index in [0.29, 0.717) is 5.92 Å². The van der Waals surface area contributed by atoms with E-state index < -0.39 is 0 Å². The number of aromatic hydroxyl groups is 1. The molecule has 0 aliphatic carbocycles. The van der Waals surface area contributed by atoms with Gasteiger partial charge in [0.05, 0.1) is 0 Å². The zero-order valence-corrected chi connectivity index (χ0v) is 8.87. The van der Waals surface area contributed by atoms with Gasteiger partial charge in [0.2, 0.25) is 0 Å². The first kappa shape index (κ1) is 9.38. The van der Waals surface area contributed by atoms with Crippen LogP contribution in [-0.2, 0) is 0 Å². The van der Waals surface area contributed by atoms with E-state index in [1.165, 1.54) is 5.56 Å². The maximum atomic E-state index is 9.35. The van der Waals surface area contributed by atoms with E-state index in [1.807, 2.05) is 6.07 Å². The highest BCUT2D eigenvalue weighted by Gasteiger charge is 2.39. The fraction of sp³-hybridized carbons (Fsp3) is 0.500. The molecule has 1 aliphatic heterocycles. The van der Waals surface area contributed by atoms with Gasteiger partial charge in [-0.25, -0.2) is 0 Å². The molecule has 1 aromatic rings. The number of hydrogen-bond donors (Lipinski definition) is 1. The number of benzene rings is 1. The summed E-state index contributed by atoms with van der Waals surface area (Å²) in [5.74, 6) is 1.54. The van der Waals surface area contributed by atoms with Crippen LogP contribution in [0.5, 0.6) is 11.5 Å². The lowest BCUT2D eigenvalue weighted by atomic mass is 9.85. The fourth-order valence-corrected chi connectivity index (χ4v) is 2.34. The van der Waals surface area contributed by atoms with E-state index in [4.69, 9.17) is 4.74 Å². The van der Waals surface area contributed by atoms with Gasteiger partial charge in [-0.1, -0.05) is 13.0 Å². The van der Waals surface area contributed by atoms with Crippen LogP contribution in [0.25, 0.3) is 0 Å². The van der Waals surface area contributed by atoms with Crippen LogP contribution in [-0.4, -0.2) is 10.7 Å². The maximum absolute atomic E-state index is 9.35. The van der Waals surface area contributed by atoms with Crippen molar-refractivity contribution in [2.45, 2.75) is 38.7 Å². The molecule has 2 heteroatoms. The molecule has 1 atom stereocenters. The summed E-state index contributed by atoms with van der Waals surface area (Å²) in [6, 6.07) is 5.40. The van der Waals surface area contributed by atoms with Gasteiger partial charge in [0.1, 0.15) is 17.1 Å². The molecule has 0 saturated heterocycles. The normalized spacial score (nSPS) is 22.9. The molecule has 0 amide bonds. The molecule has 1 aromatic carbocycles. The van der Waals surface area contributed by atoms with Gasteiger partial charge in [0, 0.05) is 17.5 Å². The van der Waals surface area contributed by atoms with Crippen molar-refractivity contribution in [3.8, 4) is 11.5 Å². The average Bonchev–Trinajstić information content (AvgIpc) is 2.33. The Bertz CT molecular complexity index is 355. The molecule has 2 rings (SSSR count). The van der Waals surface area contributed by atoms with Gasteiger partial charge in [-0.15, -0.1) is 0 Å². The molecule has 2 nitrogen and oxygen atoms in total. The Kier molecular flexibility index (Phi) is 1.95. The van der Waals surface area contributed by atoms with Gasteiger partial charge < -0.3 is 9.84 Å². The summed E-state index contributed by atoms with van der Waals surface area (Å²) in [5.41, 5.74) is 1.07. The lowest BCUT2D eigenvalue weighted by Crippen LogP contribution is -2.29. The fourth-order valence-electron chi connectivity index (χ4n) is 2.34. The number of phenolic OH excluding ortho intramolecular Hbond substituents is 1. The number of hydrogen-bond acceptors (Lipinski definition) is 2. The summed E-state index contributed by atoms with van der Waals surface area (Å²) in [5, 5.41) is 9.35. The van der Waals surface area contributed by atoms with E-state index in [9.17, 15) is 5.11 Å². The molecule has 1 unspecified atom stereocenters. The summed E-state index contributed by atoms with van der Waals surface area (Å²) >= 11 is 0. The Morgan fingerprint density at radius 2 is 2.14 bits per heavy atom. The van der Waals surface area contributed by atoms with Crippen LogP contribution in [0, 0.1) is 0 Å². The SMILES string of the molecule is CCC1c2ccc(O)cc2OC1(C)C. The molecule has 1 aliphatic rings. The molecule has 1 N–H and O–H groups in total. The predicted octanol–water partition coefficient (Wildman–Crippen LogP) is 3.06. The summed E-state index contributed by atoms with van der Waals surface area (Å²) in [6.07, 6.45) is 1.06. The van der Waals surface area contributed by atoms with E-state index in [2.05, 4.69) is 20.8 Å². The molecule has 76 valence electrons. The van der Waals surface area contributed by atoms with E-state index in [-0.39, 0.29) is 11.4 Å². The third kappa shape index (κ3) is 1.26. The summed E-state index contributed by atoms with van der Waals surface area (Å²) in [4.78, 5) is 0. The highest BCUT2D eigenvalue weighted by atomic mass is 16.5. The zero-order chi connectivity index (χ0) is 10.3. The average molecular weight is 192 g/mol. The number of fused-ring (bicyclic) bond motifs is 1. The maximum Gasteiger partial charge on any atom is 0.127 e. The number of phenols is 1. The zero-order valence-electron chi connectivity index (χ0n) is 8.87. The molecule has 1 heterocycles. The second-order valence-corrected chi connectivity index (χ2v) is 4.39. The third-order valence-corrected chi connectivity index (χ3v) is 2.99. The second kappa shape index (κ2) is 2.91. The minimum Gasteiger partial charge on any atom is -0.508 e. The Balaban J connectivity index is 2.48. The quantitative estimate of drug-likeness (QED) is 0.741. The molecule has 0 radical (unpaired) electrons. The van der Waals surface area contributed by atoms with Gasteiger partial charge in [-0.05, 0) is 26.3 Å². The van der Waals surface area contributed by atoms with E-state index in [0.717, 1.165) is 12.2 Å². The molecule has 0 spiro atoms. The lowest BCUT2D eigenvalue weighted by Gasteiger charge is -2.25. The van der Waals surface area contributed by atoms with Gasteiger partial charge in [-0.2, -0.15) is 0 Å². The Morgan fingerprint density at radius 3 is 2.79 bits per heavy atom. The van der Waals surface area contributed by atoms with Gasteiger partial charge in [0.15, 0.2) is 0 Å². The van der Waals surface area contributed by atoms with Crippen LogP contribution in [0.15, 0.2) is 18.2 Å². The van der Waals surface area contributed by atoms with Crippen molar-refractivity contribution in [1.82, 2.24) is 0 Å². The molecule has 0 fully saturated rings. The standard InChI is InChI=1S/C12H16O2/c1-4-10-9-6-5-8(13)7-11(9)14-12(10,2)3/h5-7,10,13H,4H2,1-3H3. The van der Waals surface area contributed by atoms with E-state index >= 15 is 0 Å². The van der Waals surface area contributed by atoms with Crippen molar-refractivity contribution < 1.29 is 9.84 Å². The Labute approximate surface area is 84.5 Å². The van der Waals surface area contributed by atoms with Crippen LogP contribution in [0.3, 0.4) is 0 Å². The first-order valence-electron chi connectivity index (χ1n) is 5.06. The molecular weight excluding hydrogens is 176 g/mol. The second-order valence-electron chi connectivity index (χ2n) is 4.39. The van der Waals surface area contributed by atoms with Gasteiger partial charge >= 0.3 is 0 Å². The molecule has 14 heavy (non-hydrogen) atoms. The van der Waals surface area contributed by atoms with Crippen LogP contribution in [0.4, 0.5) is 0 Å². The lowest BCUT2D eigenvalue weighted by molar-refractivity contribution is 0.108. The minimum atomic E-state index is -0.148. The minimum absolute atomic E-state index is 0.148. The first-order chi connectivity index (χ1) is 6.54. The van der Waals surface area contributed by atoms with Crippen molar-refractivity contribution in [2.75, 3.05) is 0 Å². The van der Waals surface area contributed by atoms with Crippen LogP contribution in [0.2, 0.25) is 0 Å².